The van der Waals surface area contributed by atoms with Crippen LogP contribution in [0.5, 0.6) is 5.75 Å². The molecule has 2 heterocycles. The van der Waals surface area contributed by atoms with E-state index in [1.807, 2.05) is 36.5 Å². The first-order valence-corrected chi connectivity index (χ1v) is 6.21. The lowest BCUT2D eigenvalue weighted by Crippen LogP contribution is -2.05. The molecule has 0 fully saturated rings. The highest BCUT2D eigenvalue weighted by Crippen LogP contribution is 2.16. The van der Waals surface area contributed by atoms with Crippen molar-refractivity contribution in [3.05, 3.63) is 70.8 Å². The Balaban J connectivity index is 1.86. The molecule has 0 aliphatic heterocycles. The zero-order chi connectivity index (χ0) is 13.9. The van der Waals surface area contributed by atoms with Gasteiger partial charge in [0, 0.05) is 11.8 Å². The van der Waals surface area contributed by atoms with E-state index in [0.717, 1.165) is 11.1 Å². The summed E-state index contributed by atoms with van der Waals surface area (Å²) in [6.45, 7) is 0.670. The first-order valence-electron chi connectivity index (χ1n) is 6.21. The molecule has 20 heavy (non-hydrogen) atoms. The number of nitrogens with one attached hydrogen (secondary N) is 1. The average Bonchev–Trinajstić information content (AvgIpc) is 2.91. The van der Waals surface area contributed by atoms with E-state index in [2.05, 4.69) is 10.1 Å². The van der Waals surface area contributed by atoms with Crippen LogP contribution in [0.1, 0.15) is 5.56 Å². The molecule has 0 saturated heterocycles. The lowest BCUT2D eigenvalue weighted by molar-refractivity contribution is 0.467. The summed E-state index contributed by atoms with van der Waals surface area (Å²) in [5.74, 6) is -0.287. The molecule has 0 amide bonds. The highest BCUT2D eigenvalue weighted by molar-refractivity contribution is 5.57. The second-order valence-electron chi connectivity index (χ2n) is 4.50. The van der Waals surface area contributed by atoms with Crippen molar-refractivity contribution in [2.24, 2.45) is 0 Å². The summed E-state index contributed by atoms with van der Waals surface area (Å²) in [5, 5.41) is 13.5. The number of nitrogens with zero attached hydrogens (tertiary/aromatic N) is 2. The van der Waals surface area contributed by atoms with Gasteiger partial charge >= 0.3 is 0 Å². The minimum Gasteiger partial charge on any atom is -0.503 e. The van der Waals surface area contributed by atoms with Gasteiger partial charge in [0.05, 0.1) is 18.4 Å². The maximum atomic E-state index is 11.4. The number of rotatable bonds is 3. The van der Waals surface area contributed by atoms with Gasteiger partial charge < -0.3 is 10.1 Å². The fourth-order valence-corrected chi connectivity index (χ4v) is 1.99. The Morgan fingerprint density at radius 1 is 1.15 bits per heavy atom. The van der Waals surface area contributed by atoms with E-state index < -0.39 is 5.56 Å². The first kappa shape index (κ1) is 12.2. The Morgan fingerprint density at radius 2 is 1.95 bits per heavy atom. The number of aromatic hydroxyl groups is 1. The van der Waals surface area contributed by atoms with E-state index in [0.29, 0.717) is 12.2 Å². The van der Waals surface area contributed by atoms with Gasteiger partial charge in [0.15, 0.2) is 5.75 Å². The van der Waals surface area contributed by atoms with E-state index in [4.69, 9.17) is 0 Å². The van der Waals surface area contributed by atoms with Crippen LogP contribution in [0.2, 0.25) is 0 Å². The summed E-state index contributed by atoms with van der Waals surface area (Å²) in [5.41, 5.74) is 2.09. The molecule has 0 aliphatic rings. The Hall–Kier alpha value is -2.82. The Bertz CT molecular complexity index is 775. The van der Waals surface area contributed by atoms with Crippen molar-refractivity contribution in [1.82, 2.24) is 14.8 Å². The number of benzene rings is 1. The predicted molar refractivity (Wildman–Crippen MR) is 75.5 cm³/mol. The summed E-state index contributed by atoms with van der Waals surface area (Å²) < 4.78 is 1.80. The molecule has 3 rings (SSSR count). The highest BCUT2D eigenvalue weighted by atomic mass is 16.3. The van der Waals surface area contributed by atoms with Crippen molar-refractivity contribution in [3.8, 4) is 17.0 Å². The third-order valence-corrected chi connectivity index (χ3v) is 3.02. The molecular weight excluding hydrogens is 254 g/mol. The van der Waals surface area contributed by atoms with E-state index in [-0.39, 0.29) is 5.75 Å². The van der Waals surface area contributed by atoms with Crippen LogP contribution < -0.4 is 5.56 Å². The van der Waals surface area contributed by atoms with Crippen LogP contribution in [0.25, 0.3) is 11.3 Å². The van der Waals surface area contributed by atoms with Crippen molar-refractivity contribution in [1.29, 1.82) is 0 Å². The quantitative estimate of drug-likeness (QED) is 0.762. The van der Waals surface area contributed by atoms with Crippen LogP contribution in [-0.4, -0.2) is 19.9 Å². The monoisotopic (exact) mass is 267 g/mol. The fraction of sp³-hybridized carbons (Fsp3) is 0.0667. The van der Waals surface area contributed by atoms with Crippen LogP contribution in [0, 0.1) is 0 Å². The van der Waals surface area contributed by atoms with Gasteiger partial charge in [-0.15, -0.1) is 0 Å². The smallest absolute Gasteiger partial charge is 0.290 e. The molecule has 1 aromatic carbocycles. The fourth-order valence-electron chi connectivity index (χ4n) is 1.99. The molecule has 100 valence electrons. The van der Waals surface area contributed by atoms with Crippen molar-refractivity contribution in [3.63, 3.8) is 0 Å². The molecule has 2 N–H and O–H groups in total. The Labute approximate surface area is 115 Å². The molecule has 3 aromatic rings. The lowest BCUT2D eigenvalue weighted by atomic mass is 10.2. The van der Waals surface area contributed by atoms with Gasteiger partial charge in [0.2, 0.25) is 0 Å². The minimum atomic E-state index is -0.502. The van der Waals surface area contributed by atoms with Gasteiger partial charge in [-0.25, -0.2) is 0 Å². The summed E-state index contributed by atoms with van der Waals surface area (Å²) in [6, 6.07) is 13.0. The second-order valence-corrected chi connectivity index (χ2v) is 4.50. The number of hydrogen-bond acceptors (Lipinski definition) is 3. The van der Waals surface area contributed by atoms with Crippen LogP contribution in [0.4, 0.5) is 0 Å². The molecule has 2 aromatic heterocycles. The van der Waals surface area contributed by atoms with Crippen molar-refractivity contribution in [2.45, 2.75) is 6.54 Å². The molecule has 0 saturated carbocycles. The summed E-state index contributed by atoms with van der Waals surface area (Å²) in [6.07, 6.45) is 3.54. The zero-order valence-electron chi connectivity index (χ0n) is 10.7. The van der Waals surface area contributed by atoms with Crippen LogP contribution in [-0.2, 0) is 6.54 Å². The normalized spacial score (nSPS) is 10.6. The first-order chi connectivity index (χ1) is 9.72. The van der Waals surface area contributed by atoms with Crippen molar-refractivity contribution in [2.75, 3.05) is 0 Å². The standard InChI is InChI=1S/C15H13N3O2/c19-14-7-6-13(17-15(14)20)12-8-16-18(10-12)9-11-4-2-1-3-5-11/h1-8,10,19H,9H2,(H,17,20). The average molecular weight is 267 g/mol. The van der Waals surface area contributed by atoms with E-state index >= 15 is 0 Å². The maximum absolute atomic E-state index is 11.4. The van der Waals surface area contributed by atoms with Gasteiger partial charge in [-0.2, -0.15) is 5.10 Å². The molecular formula is C15H13N3O2. The number of aromatic amines is 1. The van der Waals surface area contributed by atoms with E-state index in [9.17, 15) is 9.90 Å². The minimum absolute atomic E-state index is 0.287. The lowest BCUT2D eigenvalue weighted by Gasteiger charge is -2.01. The largest absolute Gasteiger partial charge is 0.503 e. The van der Waals surface area contributed by atoms with Crippen molar-refractivity contribution >= 4 is 0 Å². The zero-order valence-corrected chi connectivity index (χ0v) is 10.7. The van der Waals surface area contributed by atoms with E-state index in [1.165, 1.54) is 6.07 Å². The molecule has 0 atom stereocenters. The van der Waals surface area contributed by atoms with Crippen LogP contribution in [0.3, 0.4) is 0 Å². The molecule has 0 spiro atoms. The van der Waals surface area contributed by atoms with Gasteiger partial charge in [-0.05, 0) is 17.7 Å². The summed E-state index contributed by atoms with van der Waals surface area (Å²) >= 11 is 0. The maximum Gasteiger partial charge on any atom is 0.290 e. The SMILES string of the molecule is O=c1[nH]c(-c2cnn(Cc3ccccc3)c2)ccc1O. The summed E-state index contributed by atoms with van der Waals surface area (Å²) in [4.78, 5) is 14.0. The second kappa shape index (κ2) is 5.05. The molecule has 0 aliphatic carbocycles. The molecule has 0 radical (unpaired) electrons. The highest BCUT2D eigenvalue weighted by Gasteiger charge is 2.05. The third-order valence-electron chi connectivity index (χ3n) is 3.02. The number of hydrogen-bond donors (Lipinski definition) is 2. The molecule has 0 bridgehead atoms. The van der Waals surface area contributed by atoms with Gasteiger partial charge in [-0.3, -0.25) is 9.48 Å². The van der Waals surface area contributed by atoms with Crippen LogP contribution in [0.15, 0.2) is 59.7 Å². The Morgan fingerprint density at radius 3 is 2.70 bits per heavy atom. The van der Waals surface area contributed by atoms with Crippen molar-refractivity contribution < 1.29 is 5.11 Å². The molecule has 5 nitrogen and oxygen atoms in total. The van der Waals surface area contributed by atoms with Gasteiger partial charge in [-0.1, -0.05) is 30.3 Å². The number of pyridine rings is 1. The van der Waals surface area contributed by atoms with Gasteiger partial charge in [0.1, 0.15) is 0 Å². The van der Waals surface area contributed by atoms with E-state index in [1.54, 1.807) is 16.9 Å². The van der Waals surface area contributed by atoms with Crippen LogP contribution >= 0.6 is 0 Å². The topological polar surface area (TPSA) is 70.9 Å². The Kier molecular flexibility index (Phi) is 3.09. The van der Waals surface area contributed by atoms with Gasteiger partial charge in [0.25, 0.3) is 5.56 Å². The summed E-state index contributed by atoms with van der Waals surface area (Å²) in [7, 11) is 0. The molecule has 5 heteroatoms. The number of H-pyrrole nitrogens is 1. The third kappa shape index (κ3) is 2.47. The predicted octanol–water partition coefficient (Wildman–Crippen LogP) is 1.99. The molecule has 0 unspecified atom stereocenters. The number of aromatic nitrogens is 3.